The largest absolute Gasteiger partial charge is 0.444 e. The Hall–Kier alpha value is -4.70. The first-order valence-electron chi connectivity index (χ1n) is 19.4. The zero-order valence-corrected chi connectivity index (χ0v) is 33.5. The van der Waals surface area contributed by atoms with E-state index in [-0.39, 0.29) is 11.2 Å². The average Bonchev–Trinajstić information content (AvgIpc) is 3.19. The number of piperazine rings is 1. The van der Waals surface area contributed by atoms with E-state index in [4.69, 9.17) is 9.47 Å². The van der Waals surface area contributed by atoms with Crippen LogP contribution in [0.2, 0.25) is 0 Å². The zero-order chi connectivity index (χ0) is 38.9. The quantitative estimate of drug-likeness (QED) is 0.0862. The smallest absolute Gasteiger partial charge is 0.409 e. The standard InChI is InChI=1S/C46H54N4O4S/c1-6-31-53-32-27-45(49-43(52)54-44(3,4)5)40(50(30-29-48-45)42(51)39-26-16-18-35-19-17-28-47-41(35)39)33-34(2)55-46(36-20-10-7-11-21-36,37-22-12-8-13-23-37)38-24-14-9-15-25-38/h7-26,28,34,40,48H,6,27,29-33H2,1-5H3,(H,49,52)/t34-,40?,45?/m0/s1. The number of pyridine rings is 1. The third-order valence-corrected chi connectivity index (χ3v) is 11.7. The van der Waals surface area contributed by atoms with E-state index >= 15 is 4.79 Å². The van der Waals surface area contributed by atoms with E-state index in [2.05, 4.69) is 120 Å². The lowest BCUT2D eigenvalue weighted by atomic mass is 9.84. The molecule has 0 saturated carbocycles. The number of benzene rings is 4. The Morgan fingerprint density at radius 2 is 1.47 bits per heavy atom. The number of ether oxygens (including phenoxy) is 2. The van der Waals surface area contributed by atoms with E-state index in [1.807, 2.05) is 67.8 Å². The molecule has 4 aromatic carbocycles. The van der Waals surface area contributed by atoms with Gasteiger partial charge in [-0.3, -0.25) is 15.1 Å². The molecule has 0 aliphatic carbocycles. The fraction of sp³-hybridized carbons (Fsp3) is 0.370. The Labute approximate surface area is 330 Å². The number of thioether (sulfide) groups is 1. The van der Waals surface area contributed by atoms with Gasteiger partial charge in [0, 0.05) is 43.0 Å². The highest BCUT2D eigenvalue weighted by Crippen LogP contribution is 2.51. The summed E-state index contributed by atoms with van der Waals surface area (Å²) in [5, 5.41) is 7.84. The molecular formula is C46H54N4O4S. The summed E-state index contributed by atoms with van der Waals surface area (Å²) in [5.41, 5.74) is 2.88. The molecule has 0 spiro atoms. The first kappa shape index (κ1) is 40.0. The normalized spacial score (nSPS) is 18.1. The molecule has 1 aliphatic heterocycles. The highest BCUT2D eigenvalue weighted by atomic mass is 32.2. The molecule has 0 radical (unpaired) electrons. The van der Waals surface area contributed by atoms with Crippen LogP contribution in [-0.2, 0) is 14.2 Å². The lowest BCUT2D eigenvalue weighted by Gasteiger charge is -2.52. The summed E-state index contributed by atoms with van der Waals surface area (Å²) in [5.74, 6) is -0.127. The van der Waals surface area contributed by atoms with E-state index in [1.54, 1.807) is 6.20 Å². The summed E-state index contributed by atoms with van der Waals surface area (Å²) in [6.07, 6.45) is 3.01. The van der Waals surface area contributed by atoms with E-state index in [9.17, 15) is 4.79 Å². The molecular weight excluding hydrogens is 705 g/mol. The van der Waals surface area contributed by atoms with Crippen LogP contribution in [-0.4, -0.2) is 70.7 Å². The molecule has 8 nitrogen and oxygen atoms in total. The number of amides is 2. The van der Waals surface area contributed by atoms with Gasteiger partial charge in [0.05, 0.1) is 28.5 Å². The predicted octanol–water partition coefficient (Wildman–Crippen LogP) is 9.19. The van der Waals surface area contributed by atoms with Crippen LogP contribution in [0.1, 0.15) is 80.9 Å². The van der Waals surface area contributed by atoms with Gasteiger partial charge in [-0.05, 0) is 62.4 Å². The van der Waals surface area contributed by atoms with Gasteiger partial charge in [-0.1, -0.05) is 123 Å². The molecule has 55 heavy (non-hydrogen) atoms. The van der Waals surface area contributed by atoms with Crippen LogP contribution in [0.25, 0.3) is 10.9 Å². The number of rotatable bonds is 14. The van der Waals surface area contributed by atoms with Crippen LogP contribution < -0.4 is 10.6 Å². The molecule has 2 amide bonds. The molecule has 0 bridgehead atoms. The Morgan fingerprint density at radius 1 is 0.873 bits per heavy atom. The number of hydrogen-bond donors (Lipinski definition) is 2. The Morgan fingerprint density at radius 3 is 2.05 bits per heavy atom. The molecule has 6 rings (SSSR count). The number of para-hydroxylation sites is 1. The second-order valence-electron chi connectivity index (χ2n) is 15.2. The third kappa shape index (κ3) is 9.23. The molecule has 3 atom stereocenters. The summed E-state index contributed by atoms with van der Waals surface area (Å²) in [6, 6.07) is 41.0. The molecule has 1 aromatic heterocycles. The fourth-order valence-electron chi connectivity index (χ4n) is 7.74. The lowest BCUT2D eigenvalue weighted by Crippen LogP contribution is -2.75. The summed E-state index contributed by atoms with van der Waals surface area (Å²) in [7, 11) is 0. The van der Waals surface area contributed by atoms with Gasteiger partial charge in [-0.15, -0.1) is 11.8 Å². The maximum atomic E-state index is 15.0. The summed E-state index contributed by atoms with van der Waals surface area (Å²) in [6.45, 7) is 11.8. The molecule has 9 heteroatoms. The topological polar surface area (TPSA) is 92.8 Å². The highest BCUT2D eigenvalue weighted by Gasteiger charge is 2.50. The summed E-state index contributed by atoms with van der Waals surface area (Å²) >= 11 is 1.87. The minimum Gasteiger partial charge on any atom is -0.444 e. The van der Waals surface area contributed by atoms with Crippen molar-refractivity contribution in [3.63, 3.8) is 0 Å². The van der Waals surface area contributed by atoms with Crippen LogP contribution in [0.15, 0.2) is 128 Å². The van der Waals surface area contributed by atoms with Crippen molar-refractivity contribution in [2.75, 3.05) is 26.3 Å². The third-order valence-electron chi connectivity index (χ3n) is 10.0. The number of nitrogens with one attached hydrogen (secondary N) is 2. The number of carbonyl (C=O) groups is 2. The minimum atomic E-state index is -1.06. The van der Waals surface area contributed by atoms with E-state index in [1.165, 1.54) is 0 Å². The van der Waals surface area contributed by atoms with Crippen LogP contribution in [0.3, 0.4) is 0 Å². The van der Waals surface area contributed by atoms with Crippen LogP contribution in [0.5, 0.6) is 0 Å². The molecule has 2 heterocycles. The predicted molar refractivity (Wildman–Crippen MR) is 223 cm³/mol. The van der Waals surface area contributed by atoms with Gasteiger partial charge in [-0.2, -0.15) is 0 Å². The Balaban J connectivity index is 1.47. The number of fused-ring (bicyclic) bond motifs is 1. The highest BCUT2D eigenvalue weighted by molar-refractivity contribution is 8.01. The first-order chi connectivity index (χ1) is 26.6. The van der Waals surface area contributed by atoms with Crippen LogP contribution in [0, 0.1) is 0 Å². The molecule has 2 unspecified atom stereocenters. The minimum absolute atomic E-state index is 0.0390. The second kappa shape index (κ2) is 17.8. The van der Waals surface area contributed by atoms with Crippen molar-refractivity contribution >= 4 is 34.7 Å². The number of aromatic nitrogens is 1. The fourth-order valence-corrected chi connectivity index (χ4v) is 9.44. The summed E-state index contributed by atoms with van der Waals surface area (Å²) in [4.78, 5) is 35.4. The molecule has 1 fully saturated rings. The number of carbonyl (C=O) groups excluding carboxylic acids is 2. The maximum Gasteiger partial charge on any atom is 0.409 e. The van der Waals surface area contributed by atoms with Crippen molar-refractivity contribution in [2.24, 2.45) is 0 Å². The molecule has 288 valence electrons. The van der Waals surface area contributed by atoms with Crippen LogP contribution in [0.4, 0.5) is 4.79 Å². The van der Waals surface area contributed by atoms with Crippen LogP contribution >= 0.6 is 11.8 Å². The van der Waals surface area contributed by atoms with Crippen molar-refractivity contribution in [1.82, 2.24) is 20.5 Å². The number of nitrogens with zero attached hydrogens (tertiary/aromatic N) is 2. The summed E-state index contributed by atoms with van der Waals surface area (Å²) < 4.78 is 11.4. The lowest BCUT2D eigenvalue weighted by molar-refractivity contribution is -0.00740. The van der Waals surface area contributed by atoms with Gasteiger partial charge >= 0.3 is 6.09 Å². The average molecular weight is 759 g/mol. The molecule has 5 aromatic rings. The number of alkyl carbamates (subject to hydrolysis) is 1. The van der Waals surface area contributed by atoms with E-state index in [0.717, 1.165) is 28.5 Å². The second-order valence-corrected chi connectivity index (χ2v) is 16.9. The van der Waals surface area contributed by atoms with E-state index < -0.39 is 28.1 Å². The monoisotopic (exact) mass is 758 g/mol. The maximum absolute atomic E-state index is 15.0. The van der Waals surface area contributed by atoms with Gasteiger partial charge < -0.3 is 19.7 Å². The van der Waals surface area contributed by atoms with Gasteiger partial charge in [-0.25, -0.2) is 4.79 Å². The van der Waals surface area contributed by atoms with Gasteiger partial charge in [0.1, 0.15) is 11.3 Å². The van der Waals surface area contributed by atoms with Crippen molar-refractivity contribution in [3.8, 4) is 0 Å². The molecule has 1 aliphatic rings. The van der Waals surface area contributed by atoms with E-state index in [0.29, 0.717) is 50.2 Å². The van der Waals surface area contributed by atoms with Gasteiger partial charge in [0.25, 0.3) is 5.91 Å². The van der Waals surface area contributed by atoms with Crippen molar-refractivity contribution in [1.29, 1.82) is 0 Å². The zero-order valence-electron chi connectivity index (χ0n) is 32.7. The van der Waals surface area contributed by atoms with Crippen molar-refractivity contribution in [2.45, 2.75) is 81.2 Å². The first-order valence-corrected chi connectivity index (χ1v) is 20.3. The molecule has 2 N–H and O–H groups in total. The Kier molecular flexibility index (Phi) is 13.0. The van der Waals surface area contributed by atoms with Crippen molar-refractivity contribution in [3.05, 3.63) is 150 Å². The number of hydrogen-bond acceptors (Lipinski definition) is 7. The SMILES string of the molecule is CCCOCCC1(NC(=O)OC(C)(C)C)NCCN(C(=O)c2cccc3cccnc23)C1C[C@H](C)SC(c1ccccc1)(c1ccccc1)c1ccccc1. The van der Waals surface area contributed by atoms with Gasteiger partial charge in [0.2, 0.25) is 0 Å². The Bertz CT molecular complexity index is 1910. The van der Waals surface area contributed by atoms with Crippen molar-refractivity contribution < 1.29 is 19.1 Å². The molecule has 1 saturated heterocycles. The van der Waals surface area contributed by atoms with Gasteiger partial charge in [0.15, 0.2) is 0 Å².